The summed E-state index contributed by atoms with van der Waals surface area (Å²) in [6.45, 7) is 2.82. The van der Waals surface area contributed by atoms with Gasteiger partial charge in [0.15, 0.2) is 0 Å². The first-order valence-electron chi connectivity index (χ1n) is 12.7. The van der Waals surface area contributed by atoms with E-state index in [0.717, 1.165) is 48.3 Å². The van der Waals surface area contributed by atoms with Crippen molar-refractivity contribution in [3.05, 3.63) is 46.5 Å². The second kappa shape index (κ2) is 11.5. The number of carboxylic acids is 1. The van der Waals surface area contributed by atoms with Gasteiger partial charge in [0, 0.05) is 31.0 Å². The first kappa shape index (κ1) is 25.7. The number of aromatic hydroxyl groups is 1. The average Bonchev–Trinajstić information content (AvgIpc) is 3.69. The number of phenols is 1. The van der Waals surface area contributed by atoms with Gasteiger partial charge < -0.3 is 29.7 Å². The summed E-state index contributed by atoms with van der Waals surface area (Å²) >= 11 is 0. The molecule has 4 rings (SSSR count). The van der Waals surface area contributed by atoms with Crippen LogP contribution >= 0.6 is 0 Å². The number of fused-ring (bicyclic) bond motifs is 1. The molecule has 1 atom stereocenters. The monoisotopic (exact) mass is 497 g/mol. The molecule has 1 amide bonds. The largest absolute Gasteiger partial charge is 0.507 e. The molecule has 36 heavy (non-hydrogen) atoms. The molecule has 2 aliphatic rings. The maximum Gasteiger partial charge on any atom is 0.303 e. The molecular formula is C28H35NO7. The summed E-state index contributed by atoms with van der Waals surface area (Å²) in [5, 5.41) is 22.2. The Morgan fingerprint density at radius 2 is 1.81 bits per heavy atom. The number of hydrogen-bond donors (Lipinski definition) is 3. The molecule has 1 unspecified atom stereocenters. The second-order valence-corrected chi connectivity index (χ2v) is 9.60. The fourth-order valence-corrected chi connectivity index (χ4v) is 4.58. The normalized spacial score (nSPS) is 16.6. The van der Waals surface area contributed by atoms with Crippen molar-refractivity contribution in [1.29, 1.82) is 0 Å². The van der Waals surface area contributed by atoms with Gasteiger partial charge in [0.1, 0.15) is 23.0 Å². The molecule has 1 fully saturated rings. The van der Waals surface area contributed by atoms with Crippen LogP contribution in [0.3, 0.4) is 0 Å². The van der Waals surface area contributed by atoms with Gasteiger partial charge in [-0.1, -0.05) is 6.07 Å². The summed E-state index contributed by atoms with van der Waals surface area (Å²) in [6.07, 6.45) is 5.78. The minimum Gasteiger partial charge on any atom is -0.507 e. The summed E-state index contributed by atoms with van der Waals surface area (Å²) in [7, 11) is 1.54. The van der Waals surface area contributed by atoms with Crippen LogP contribution in [0.4, 0.5) is 0 Å². The number of carboxylic acid groups (broad SMARTS) is 1. The second-order valence-electron chi connectivity index (χ2n) is 9.60. The molecule has 1 aliphatic carbocycles. The zero-order chi connectivity index (χ0) is 25.7. The van der Waals surface area contributed by atoms with Gasteiger partial charge in [-0.25, -0.2) is 0 Å². The molecule has 2 aromatic rings. The summed E-state index contributed by atoms with van der Waals surface area (Å²) in [4.78, 5) is 23.0. The molecule has 8 heteroatoms. The Hall–Kier alpha value is -3.42. The molecular weight excluding hydrogens is 462 g/mol. The molecule has 0 spiro atoms. The van der Waals surface area contributed by atoms with E-state index in [1.165, 1.54) is 0 Å². The number of carbonyl (C=O) groups excluding carboxylic acids is 1. The molecule has 8 nitrogen and oxygen atoms in total. The Balaban J connectivity index is 1.32. The first-order valence-corrected chi connectivity index (χ1v) is 12.7. The maximum absolute atomic E-state index is 12.1. The van der Waals surface area contributed by atoms with Gasteiger partial charge in [-0.2, -0.15) is 0 Å². The molecule has 0 radical (unpaired) electrons. The van der Waals surface area contributed by atoms with Gasteiger partial charge >= 0.3 is 5.97 Å². The topological polar surface area (TPSA) is 114 Å². The van der Waals surface area contributed by atoms with E-state index in [2.05, 4.69) is 5.32 Å². The lowest BCUT2D eigenvalue weighted by atomic mass is 9.97. The molecule has 0 bridgehead atoms. The summed E-state index contributed by atoms with van der Waals surface area (Å²) < 4.78 is 18.1. The van der Waals surface area contributed by atoms with Crippen molar-refractivity contribution in [1.82, 2.24) is 5.32 Å². The van der Waals surface area contributed by atoms with E-state index >= 15 is 0 Å². The van der Waals surface area contributed by atoms with Crippen molar-refractivity contribution in [2.75, 3.05) is 20.3 Å². The molecule has 3 N–H and O–H groups in total. The van der Waals surface area contributed by atoms with Crippen LogP contribution in [0, 0.1) is 12.8 Å². The first-order chi connectivity index (χ1) is 17.4. The predicted molar refractivity (Wildman–Crippen MR) is 134 cm³/mol. The van der Waals surface area contributed by atoms with E-state index in [-0.39, 0.29) is 29.7 Å². The highest BCUT2D eigenvalue weighted by molar-refractivity contribution is 5.97. The quantitative estimate of drug-likeness (QED) is 0.372. The third-order valence-electron chi connectivity index (χ3n) is 6.84. The van der Waals surface area contributed by atoms with Crippen LogP contribution in [0.1, 0.15) is 65.6 Å². The summed E-state index contributed by atoms with van der Waals surface area (Å²) in [5.74, 6) is 1.56. The minimum atomic E-state index is -0.808. The van der Waals surface area contributed by atoms with Crippen molar-refractivity contribution in [3.63, 3.8) is 0 Å². The molecule has 1 saturated carbocycles. The fraction of sp³-hybridized carbons (Fsp3) is 0.500. The highest BCUT2D eigenvalue weighted by atomic mass is 16.5. The third kappa shape index (κ3) is 6.22. The molecule has 1 heterocycles. The number of aryl methyl sites for hydroxylation is 1. The lowest BCUT2D eigenvalue weighted by molar-refractivity contribution is -0.137. The van der Waals surface area contributed by atoms with Gasteiger partial charge in [0.05, 0.1) is 24.9 Å². The van der Waals surface area contributed by atoms with Crippen LogP contribution in [0.25, 0.3) is 0 Å². The third-order valence-corrected chi connectivity index (χ3v) is 6.84. The van der Waals surface area contributed by atoms with E-state index in [4.69, 9.17) is 19.3 Å². The number of phenolic OH excluding ortho intramolecular Hbond substituents is 1. The smallest absolute Gasteiger partial charge is 0.303 e. The van der Waals surface area contributed by atoms with Gasteiger partial charge in [-0.05, 0) is 75.1 Å². The summed E-state index contributed by atoms with van der Waals surface area (Å²) in [6, 6.07) is 7.33. The standard InChI is InChI=1S/C28H35NO7/c1-17-23(11-7-19-6-8-20(36-27(17)19)9-13-25(30)31)34-14-3-15-35-24-12-10-21(28(33)29-2)26(32)22(24)16-18-4-5-18/h7,10-12,18,20,32H,3-6,8-9,13-16H2,1-2H3,(H,29,33)(H,30,31). The number of nitrogens with one attached hydrogen (secondary N) is 1. The van der Waals surface area contributed by atoms with Crippen LogP contribution in [-0.4, -0.2) is 48.5 Å². The van der Waals surface area contributed by atoms with Gasteiger partial charge in [-0.3, -0.25) is 9.59 Å². The average molecular weight is 498 g/mol. The number of rotatable bonds is 12. The van der Waals surface area contributed by atoms with Crippen LogP contribution in [0.2, 0.25) is 0 Å². The van der Waals surface area contributed by atoms with Crippen molar-refractivity contribution < 1.29 is 34.0 Å². The van der Waals surface area contributed by atoms with Gasteiger partial charge in [-0.15, -0.1) is 0 Å². The summed E-state index contributed by atoms with van der Waals surface area (Å²) in [5.41, 5.74) is 3.01. The van der Waals surface area contributed by atoms with Crippen LogP contribution in [0.15, 0.2) is 24.3 Å². The van der Waals surface area contributed by atoms with Crippen molar-refractivity contribution in [2.45, 2.75) is 64.4 Å². The Morgan fingerprint density at radius 3 is 2.50 bits per heavy atom. The van der Waals surface area contributed by atoms with Crippen molar-refractivity contribution in [3.8, 4) is 23.0 Å². The Morgan fingerprint density at radius 1 is 1.08 bits per heavy atom. The molecule has 0 saturated heterocycles. The number of ether oxygens (including phenoxy) is 3. The van der Waals surface area contributed by atoms with Crippen LogP contribution in [0.5, 0.6) is 23.0 Å². The van der Waals surface area contributed by atoms with Gasteiger partial charge in [0.25, 0.3) is 5.91 Å². The molecule has 194 valence electrons. The van der Waals surface area contributed by atoms with E-state index in [1.54, 1.807) is 19.2 Å². The van der Waals surface area contributed by atoms with E-state index < -0.39 is 5.97 Å². The SMILES string of the molecule is CNC(=O)c1ccc(OCCCOc2ccc3c(c2C)OC(CCC(=O)O)CC3)c(CC2CC2)c1O. The van der Waals surface area contributed by atoms with E-state index in [9.17, 15) is 14.7 Å². The molecule has 0 aromatic heterocycles. The zero-order valence-electron chi connectivity index (χ0n) is 21.0. The van der Waals surface area contributed by atoms with Crippen LogP contribution < -0.4 is 19.5 Å². The fourth-order valence-electron chi connectivity index (χ4n) is 4.58. The lowest BCUT2D eigenvalue weighted by Crippen LogP contribution is -2.24. The maximum atomic E-state index is 12.1. The van der Waals surface area contributed by atoms with Crippen molar-refractivity contribution in [2.24, 2.45) is 5.92 Å². The lowest BCUT2D eigenvalue weighted by Gasteiger charge is -2.28. The number of carbonyl (C=O) groups is 2. The predicted octanol–water partition coefficient (Wildman–Crippen LogP) is 4.42. The number of benzene rings is 2. The molecule has 2 aromatic carbocycles. The Bertz CT molecular complexity index is 1110. The Labute approximate surface area is 211 Å². The van der Waals surface area contributed by atoms with Crippen LogP contribution in [-0.2, 0) is 17.6 Å². The van der Waals surface area contributed by atoms with Crippen molar-refractivity contribution >= 4 is 11.9 Å². The molecule has 1 aliphatic heterocycles. The Kier molecular flexibility index (Phi) is 8.23. The van der Waals surface area contributed by atoms with Gasteiger partial charge in [0.2, 0.25) is 0 Å². The number of amides is 1. The minimum absolute atomic E-state index is 0.00124. The van der Waals surface area contributed by atoms with E-state index in [0.29, 0.717) is 49.7 Å². The zero-order valence-corrected chi connectivity index (χ0v) is 21.0. The highest BCUT2D eigenvalue weighted by Gasteiger charge is 2.27. The number of aliphatic carboxylic acids is 1. The highest BCUT2D eigenvalue weighted by Crippen LogP contribution is 2.40. The van der Waals surface area contributed by atoms with E-state index in [1.807, 2.05) is 19.1 Å². The number of hydrogen-bond acceptors (Lipinski definition) is 6.